The highest BCUT2D eigenvalue weighted by atomic mass is 35.5. The van der Waals surface area contributed by atoms with E-state index in [9.17, 15) is 21.6 Å². The maximum Gasteiger partial charge on any atom is 0.402 e. The Morgan fingerprint density at radius 3 is 2.57 bits per heavy atom. The Bertz CT molecular complexity index is 666. The Morgan fingerprint density at radius 1 is 1.33 bits per heavy atom. The highest BCUT2D eigenvalue weighted by Gasteiger charge is 2.29. The number of benzene rings is 1. The van der Waals surface area contributed by atoms with Crippen molar-refractivity contribution in [3.8, 4) is 11.8 Å². The predicted molar refractivity (Wildman–Crippen MR) is 72.0 cm³/mol. The summed E-state index contributed by atoms with van der Waals surface area (Å²) in [5, 5.41) is 8.77. The van der Waals surface area contributed by atoms with Crippen LogP contribution in [0.3, 0.4) is 0 Å². The van der Waals surface area contributed by atoms with Crippen LogP contribution in [0.5, 0.6) is 0 Å². The van der Waals surface area contributed by atoms with Crippen LogP contribution in [0.25, 0.3) is 0 Å². The molecule has 0 spiro atoms. The van der Waals surface area contributed by atoms with E-state index in [0.717, 1.165) is 0 Å². The lowest BCUT2D eigenvalue weighted by molar-refractivity contribution is -0.121. The van der Waals surface area contributed by atoms with Gasteiger partial charge in [-0.2, -0.15) is 26.3 Å². The maximum absolute atomic E-state index is 12.0. The predicted octanol–water partition coefficient (Wildman–Crippen LogP) is 1.49. The van der Waals surface area contributed by atoms with Gasteiger partial charge in [0.25, 0.3) is 10.2 Å². The zero-order valence-electron chi connectivity index (χ0n) is 10.3. The lowest BCUT2D eigenvalue weighted by atomic mass is 10.2. The molecule has 0 unspecified atom stereocenters. The Kier molecular flexibility index (Phi) is 5.86. The molecule has 0 aromatic heterocycles. The van der Waals surface area contributed by atoms with Gasteiger partial charge in [-0.05, 0) is 18.2 Å². The fraction of sp³-hybridized carbons (Fsp3) is 0.273. The summed E-state index contributed by atoms with van der Waals surface area (Å²) in [6, 6.07) is 3.98. The molecule has 0 bridgehead atoms. The van der Waals surface area contributed by atoms with Gasteiger partial charge < -0.3 is 5.11 Å². The van der Waals surface area contributed by atoms with E-state index in [1.165, 1.54) is 22.9 Å². The molecule has 0 saturated heterocycles. The number of hydrogen-bond acceptors (Lipinski definition) is 3. The van der Waals surface area contributed by atoms with E-state index in [1.54, 1.807) is 0 Å². The summed E-state index contributed by atoms with van der Waals surface area (Å²) in [6.07, 6.45) is -4.68. The topological polar surface area (TPSA) is 78.4 Å². The quantitative estimate of drug-likeness (QED) is 0.725. The van der Waals surface area contributed by atoms with E-state index < -0.39 is 29.5 Å². The number of rotatable bonds is 4. The molecule has 0 aliphatic heterocycles. The number of anilines is 1. The summed E-state index contributed by atoms with van der Waals surface area (Å²) in [4.78, 5) is 0. The van der Waals surface area contributed by atoms with Gasteiger partial charge in [-0.25, -0.2) is 0 Å². The van der Waals surface area contributed by atoms with Gasteiger partial charge in [0.15, 0.2) is 0 Å². The third kappa shape index (κ3) is 6.68. The van der Waals surface area contributed by atoms with Gasteiger partial charge in [0, 0.05) is 10.6 Å². The van der Waals surface area contributed by atoms with E-state index in [4.69, 9.17) is 16.7 Å². The zero-order chi connectivity index (χ0) is 16.1. The van der Waals surface area contributed by atoms with Crippen molar-refractivity contribution in [3.63, 3.8) is 0 Å². The minimum atomic E-state index is -4.68. The van der Waals surface area contributed by atoms with E-state index in [0.29, 0.717) is 0 Å². The minimum Gasteiger partial charge on any atom is -0.384 e. The van der Waals surface area contributed by atoms with Gasteiger partial charge in [0.2, 0.25) is 0 Å². The molecule has 3 N–H and O–H groups in total. The van der Waals surface area contributed by atoms with Crippen molar-refractivity contribution in [3.05, 3.63) is 28.8 Å². The second kappa shape index (κ2) is 7.00. The van der Waals surface area contributed by atoms with Crippen molar-refractivity contribution in [1.29, 1.82) is 0 Å². The molecule has 0 aliphatic rings. The number of halogens is 4. The molecule has 0 amide bonds. The van der Waals surface area contributed by atoms with Crippen LogP contribution in [-0.2, 0) is 10.2 Å². The zero-order valence-corrected chi connectivity index (χ0v) is 11.9. The molecule has 1 aromatic carbocycles. The summed E-state index contributed by atoms with van der Waals surface area (Å²) in [5.41, 5.74) is 0.0592. The van der Waals surface area contributed by atoms with Gasteiger partial charge in [-0.15, -0.1) is 0 Å². The van der Waals surface area contributed by atoms with Crippen LogP contribution in [0.2, 0.25) is 5.02 Å². The average Bonchev–Trinajstić information content (AvgIpc) is 2.34. The van der Waals surface area contributed by atoms with E-state index in [2.05, 4.69) is 11.8 Å². The largest absolute Gasteiger partial charge is 0.402 e. The van der Waals surface area contributed by atoms with Gasteiger partial charge >= 0.3 is 6.18 Å². The lowest BCUT2D eigenvalue weighted by Crippen LogP contribution is -2.37. The van der Waals surface area contributed by atoms with Crippen LogP contribution in [0.4, 0.5) is 18.9 Å². The smallest absolute Gasteiger partial charge is 0.384 e. The normalized spacial score (nSPS) is 11.7. The highest BCUT2D eigenvalue weighted by molar-refractivity contribution is 7.90. The van der Waals surface area contributed by atoms with E-state index in [-0.39, 0.29) is 16.3 Å². The van der Waals surface area contributed by atoms with Crippen LogP contribution < -0.4 is 9.44 Å². The second-order valence-electron chi connectivity index (χ2n) is 3.69. The Hall–Kier alpha value is -1.47. The molecule has 0 fully saturated rings. The highest BCUT2D eigenvalue weighted by Crippen LogP contribution is 2.21. The molecule has 0 aliphatic carbocycles. The van der Waals surface area contributed by atoms with Crippen molar-refractivity contribution >= 4 is 27.5 Å². The Morgan fingerprint density at radius 2 is 2.00 bits per heavy atom. The van der Waals surface area contributed by atoms with Crippen LogP contribution in [-0.4, -0.2) is 32.9 Å². The summed E-state index contributed by atoms with van der Waals surface area (Å²) in [6.45, 7) is -2.16. The first-order valence-electron chi connectivity index (χ1n) is 5.36. The molecule has 0 heterocycles. The number of aliphatic hydroxyl groups excluding tert-OH is 1. The SMILES string of the molecule is O=S(=O)(NCC(F)(F)F)Nc1cc(Cl)ccc1C#CCO. The standard InChI is InChI=1S/C11H10ClF3N2O3S/c12-9-4-3-8(2-1-5-18)10(6-9)17-21(19,20)16-7-11(13,14)15/h3-4,6,16-18H,5,7H2. The van der Waals surface area contributed by atoms with Crippen LogP contribution in [0, 0.1) is 11.8 Å². The fourth-order valence-corrected chi connectivity index (χ4v) is 2.26. The maximum atomic E-state index is 12.0. The van der Waals surface area contributed by atoms with Crippen LogP contribution >= 0.6 is 11.6 Å². The lowest BCUT2D eigenvalue weighted by Gasteiger charge is -2.12. The molecule has 10 heteroatoms. The molecular formula is C11H10ClF3N2O3S. The molecule has 0 atom stereocenters. The first-order valence-corrected chi connectivity index (χ1v) is 7.22. The Labute approximate surface area is 124 Å². The van der Waals surface area contributed by atoms with Crippen molar-refractivity contribution in [2.24, 2.45) is 0 Å². The van der Waals surface area contributed by atoms with Gasteiger partial charge in [0.05, 0.1) is 5.69 Å². The summed E-state index contributed by atoms with van der Waals surface area (Å²) in [7, 11) is -4.44. The number of aliphatic hydroxyl groups is 1. The van der Waals surface area contributed by atoms with Crippen molar-refractivity contribution in [1.82, 2.24) is 4.72 Å². The van der Waals surface area contributed by atoms with E-state index >= 15 is 0 Å². The number of hydrogen-bond donors (Lipinski definition) is 3. The fourth-order valence-electron chi connectivity index (χ4n) is 1.20. The van der Waals surface area contributed by atoms with Gasteiger partial charge in [0.1, 0.15) is 13.2 Å². The molecule has 0 radical (unpaired) electrons. The first kappa shape index (κ1) is 17.6. The summed E-state index contributed by atoms with van der Waals surface area (Å²) >= 11 is 5.70. The number of alkyl halides is 3. The molecular weight excluding hydrogens is 333 g/mol. The molecule has 116 valence electrons. The van der Waals surface area contributed by atoms with Crippen molar-refractivity contribution in [2.75, 3.05) is 17.9 Å². The van der Waals surface area contributed by atoms with Crippen LogP contribution in [0.15, 0.2) is 18.2 Å². The third-order valence-electron chi connectivity index (χ3n) is 1.99. The monoisotopic (exact) mass is 342 g/mol. The molecule has 0 saturated carbocycles. The third-order valence-corrected chi connectivity index (χ3v) is 3.24. The molecule has 5 nitrogen and oxygen atoms in total. The van der Waals surface area contributed by atoms with Crippen molar-refractivity contribution < 1.29 is 26.7 Å². The van der Waals surface area contributed by atoms with Gasteiger partial charge in [-0.1, -0.05) is 23.4 Å². The van der Waals surface area contributed by atoms with Crippen LogP contribution in [0.1, 0.15) is 5.56 Å². The Balaban J connectivity index is 2.98. The molecule has 1 rings (SSSR count). The van der Waals surface area contributed by atoms with E-state index in [1.807, 2.05) is 4.72 Å². The second-order valence-corrected chi connectivity index (χ2v) is 5.63. The molecule has 1 aromatic rings. The molecule has 21 heavy (non-hydrogen) atoms. The van der Waals surface area contributed by atoms with Crippen molar-refractivity contribution in [2.45, 2.75) is 6.18 Å². The average molecular weight is 343 g/mol. The van der Waals surface area contributed by atoms with Gasteiger partial charge in [-0.3, -0.25) is 4.72 Å². The minimum absolute atomic E-state index is 0.0990. The first-order chi connectivity index (χ1) is 9.63. The summed E-state index contributed by atoms with van der Waals surface area (Å²) < 4.78 is 62.3. The number of nitrogens with one attached hydrogen (secondary N) is 2. The summed E-state index contributed by atoms with van der Waals surface area (Å²) in [5.74, 6) is 4.74.